The maximum atomic E-state index is 13.7. The second-order valence-corrected chi connectivity index (χ2v) is 7.81. The Morgan fingerprint density at radius 2 is 1.62 bits per heavy atom. The molecule has 0 heterocycles. The summed E-state index contributed by atoms with van der Waals surface area (Å²) in [6, 6.07) is 6.91. The predicted molar refractivity (Wildman–Crippen MR) is 74.6 cm³/mol. The summed E-state index contributed by atoms with van der Waals surface area (Å²) in [7, 11) is -4.50. The molecule has 0 bridgehead atoms. The molecule has 2 rings (SSSR count). The lowest BCUT2D eigenvalue weighted by molar-refractivity contribution is -0.164. The van der Waals surface area contributed by atoms with Crippen LogP contribution in [0.4, 0.5) is 13.2 Å². The highest BCUT2D eigenvalue weighted by Crippen LogP contribution is 2.50. The van der Waals surface area contributed by atoms with Gasteiger partial charge in [0.15, 0.2) is 14.6 Å². The van der Waals surface area contributed by atoms with E-state index < -0.39 is 33.6 Å². The molecule has 1 aromatic carbocycles. The SMILES string of the molecule is CC1=C(C)CC(C(F)(F)F)(S(=O)(=O)c2ccccc2)CC1. The zero-order chi connectivity index (χ0) is 15.9. The van der Waals surface area contributed by atoms with Crippen molar-refractivity contribution in [3.8, 4) is 0 Å². The van der Waals surface area contributed by atoms with Gasteiger partial charge in [-0.1, -0.05) is 29.3 Å². The van der Waals surface area contributed by atoms with E-state index in [0.29, 0.717) is 5.57 Å². The largest absolute Gasteiger partial charge is 0.408 e. The summed E-state index contributed by atoms with van der Waals surface area (Å²) in [5, 5.41) is 0. The van der Waals surface area contributed by atoms with Crippen molar-refractivity contribution in [3.63, 3.8) is 0 Å². The summed E-state index contributed by atoms with van der Waals surface area (Å²) < 4.78 is 63.6. The molecule has 0 N–H and O–H groups in total. The molecular weight excluding hydrogens is 301 g/mol. The second-order valence-electron chi connectivity index (χ2n) is 5.55. The van der Waals surface area contributed by atoms with Crippen molar-refractivity contribution in [2.24, 2.45) is 0 Å². The molecule has 0 aromatic heterocycles. The van der Waals surface area contributed by atoms with Crippen LogP contribution in [-0.4, -0.2) is 19.3 Å². The van der Waals surface area contributed by atoms with E-state index in [1.807, 2.05) is 0 Å². The van der Waals surface area contributed by atoms with Crippen LogP contribution in [0, 0.1) is 0 Å². The van der Waals surface area contributed by atoms with Crippen molar-refractivity contribution in [1.82, 2.24) is 0 Å². The first-order valence-corrected chi connectivity index (χ1v) is 8.12. The van der Waals surface area contributed by atoms with E-state index in [-0.39, 0.29) is 11.3 Å². The van der Waals surface area contributed by atoms with Crippen LogP contribution in [-0.2, 0) is 9.84 Å². The standard InChI is InChI=1S/C15H17F3O2S/c1-11-8-9-14(10-12(11)2,15(16,17)18)21(19,20)13-6-4-3-5-7-13/h3-7H,8-10H2,1-2H3. The monoisotopic (exact) mass is 318 g/mol. The number of allylic oxidation sites excluding steroid dienone is 2. The van der Waals surface area contributed by atoms with E-state index >= 15 is 0 Å². The maximum absolute atomic E-state index is 13.7. The number of halogens is 3. The average Bonchev–Trinajstić information content (AvgIpc) is 2.41. The van der Waals surface area contributed by atoms with Crippen LogP contribution in [0.1, 0.15) is 33.1 Å². The van der Waals surface area contributed by atoms with E-state index in [4.69, 9.17) is 0 Å². The smallest absolute Gasteiger partial charge is 0.223 e. The van der Waals surface area contributed by atoms with Gasteiger partial charge < -0.3 is 0 Å². The maximum Gasteiger partial charge on any atom is 0.408 e. The summed E-state index contributed by atoms with van der Waals surface area (Å²) in [6.07, 6.45) is -5.56. The van der Waals surface area contributed by atoms with E-state index in [0.717, 1.165) is 5.57 Å². The van der Waals surface area contributed by atoms with Crippen LogP contribution in [0.25, 0.3) is 0 Å². The van der Waals surface area contributed by atoms with Crippen LogP contribution in [0.15, 0.2) is 46.4 Å². The number of hydrogen-bond acceptors (Lipinski definition) is 2. The highest BCUT2D eigenvalue weighted by Gasteiger charge is 2.64. The summed E-state index contributed by atoms with van der Waals surface area (Å²) in [5.41, 5.74) is 1.36. The van der Waals surface area contributed by atoms with Gasteiger partial charge in [-0.2, -0.15) is 13.2 Å². The molecular formula is C15H17F3O2S. The van der Waals surface area contributed by atoms with Gasteiger partial charge in [-0.15, -0.1) is 0 Å². The minimum atomic E-state index is -4.80. The van der Waals surface area contributed by atoms with Crippen LogP contribution in [0.2, 0.25) is 0 Å². The third-order valence-electron chi connectivity index (χ3n) is 4.27. The highest BCUT2D eigenvalue weighted by molar-refractivity contribution is 7.93. The molecule has 116 valence electrons. The fourth-order valence-electron chi connectivity index (χ4n) is 2.72. The molecule has 1 atom stereocenters. The number of rotatable bonds is 2. The Hall–Kier alpha value is -1.30. The Labute approximate surface area is 122 Å². The average molecular weight is 318 g/mol. The Kier molecular flexibility index (Phi) is 3.95. The number of sulfone groups is 1. The van der Waals surface area contributed by atoms with Gasteiger partial charge in [-0.3, -0.25) is 0 Å². The topological polar surface area (TPSA) is 34.1 Å². The molecule has 0 spiro atoms. The van der Waals surface area contributed by atoms with Gasteiger partial charge in [0.2, 0.25) is 0 Å². The Bertz CT molecular complexity index is 660. The summed E-state index contributed by atoms with van der Waals surface area (Å²) in [5.74, 6) is 0. The first-order valence-electron chi connectivity index (χ1n) is 6.63. The lowest BCUT2D eigenvalue weighted by Gasteiger charge is -2.39. The van der Waals surface area contributed by atoms with Gasteiger partial charge in [0.25, 0.3) is 0 Å². The molecule has 0 amide bonds. The zero-order valence-electron chi connectivity index (χ0n) is 11.9. The third-order valence-corrected chi connectivity index (χ3v) is 6.77. The van der Waals surface area contributed by atoms with E-state index in [1.54, 1.807) is 19.9 Å². The minimum absolute atomic E-state index is 0.150. The van der Waals surface area contributed by atoms with Gasteiger partial charge in [-0.25, -0.2) is 8.42 Å². The minimum Gasteiger partial charge on any atom is -0.223 e. The molecule has 0 saturated heterocycles. The molecule has 6 heteroatoms. The van der Waals surface area contributed by atoms with Crippen LogP contribution >= 0.6 is 0 Å². The number of alkyl halides is 3. The molecule has 21 heavy (non-hydrogen) atoms. The van der Waals surface area contributed by atoms with Crippen LogP contribution < -0.4 is 0 Å². The molecule has 1 aliphatic rings. The van der Waals surface area contributed by atoms with Gasteiger partial charge in [0.1, 0.15) is 0 Å². The third kappa shape index (κ3) is 2.50. The Morgan fingerprint density at radius 3 is 2.10 bits per heavy atom. The van der Waals surface area contributed by atoms with E-state index in [2.05, 4.69) is 0 Å². The van der Waals surface area contributed by atoms with Gasteiger partial charge in [-0.05, 0) is 45.2 Å². The van der Waals surface area contributed by atoms with Gasteiger partial charge >= 0.3 is 6.18 Å². The molecule has 0 radical (unpaired) electrons. The first kappa shape index (κ1) is 16.1. The molecule has 0 fully saturated rings. The van der Waals surface area contributed by atoms with Crippen LogP contribution in [0.5, 0.6) is 0 Å². The van der Waals surface area contributed by atoms with Crippen molar-refractivity contribution < 1.29 is 21.6 Å². The highest BCUT2D eigenvalue weighted by atomic mass is 32.2. The number of hydrogen-bond donors (Lipinski definition) is 0. The van der Waals surface area contributed by atoms with Crippen molar-refractivity contribution in [1.29, 1.82) is 0 Å². The molecule has 1 aliphatic carbocycles. The van der Waals surface area contributed by atoms with Crippen molar-refractivity contribution in [2.75, 3.05) is 0 Å². The fraction of sp³-hybridized carbons (Fsp3) is 0.467. The quantitative estimate of drug-likeness (QED) is 0.763. The number of benzene rings is 1. The summed E-state index contributed by atoms with van der Waals surface area (Å²) >= 11 is 0. The second kappa shape index (κ2) is 5.16. The lowest BCUT2D eigenvalue weighted by Crippen LogP contribution is -2.53. The normalized spacial score (nSPS) is 24.2. The molecule has 1 aromatic rings. The van der Waals surface area contributed by atoms with Crippen molar-refractivity contribution >= 4 is 9.84 Å². The van der Waals surface area contributed by atoms with Crippen molar-refractivity contribution in [3.05, 3.63) is 41.5 Å². The van der Waals surface area contributed by atoms with Crippen molar-refractivity contribution in [2.45, 2.75) is 48.9 Å². The Morgan fingerprint density at radius 1 is 1.05 bits per heavy atom. The molecule has 0 aliphatic heterocycles. The lowest BCUT2D eigenvalue weighted by atomic mass is 9.84. The van der Waals surface area contributed by atoms with Crippen LogP contribution in [0.3, 0.4) is 0 Å². The first-order chi connectivity index (χ1) is 9.62. The summed E-state index contributed by atoms with van der Waals surface area (Å²) in [4.78, 5) is -0.269. The summed E-state index contributed by atoms with van der Waals surface area (Å²) in [6.45, 7) is 3.33. The van der Waals surface area contributed by atoms with E-state index in [9.17, 15) is 21.6 Å². The van der Waals surface area contributed by atoms with Gasteiger partial charge in [0.05, 0.1) is 4.90 Å². The Balaban J connectivity index is 2.64. The van der Waals surface area contributed by atoms with Gasteiger partial charge in [0, 0.05) is 0 Å². The molecule has 1 unspecified atom stereocenters. The van der Waals surface area contributed by atoms with E-state index in [1.165, 1.54) is 24.3 Å². The predicted octanol–water partition coefficient (Wildman–Crippen LogP) is 4.28. The fourth-order valence-corrected chi connectivity index (χ4v) is 4.77. The zero-order valence-corrected chi connectivity index (χ0v) is 12.7. The molecule has 0 saturated carbocycles. The molecule has 2 nitrogen and oxygen atoms in total.